The molecule has 0 amide bonds. The van der Waals surface area contributed by atoms with Crippen LogP contribution in [0.4, 0.5) is 0 Å². The predicted molar refractivity (Wildman–Crippen MR) is 124 cm³/mol. The van der Waals surface area contributed by atoms with Gasteiger partial charge in [0, 0.05) is 0 Å². The van der Waals surface area contributed by atoms with Crippen LogP contribution >= 0.6 is 0 Å². The summed E-state index contributed by atoms with van der Waals surface area (Å²) in [4.78, 5) is 0. The summed E-state index contributed by atoms with van der Waals surface area (Å²) in [7, 11) is -1.07. The maximum atomic E-state index is 2.49. The van der Waals surface area contributed by atoms with Crippen LogP contribution in [-0.4, -0.2) is 35.7 Å². The standard InChI is InChI=1S/C24H27As3/c1-2-13-21-26(23-16-8-4-9-17-23)27(24-18-10-5-11-19-24)25(20-12-1)22-14-6-3-7-15-22/h3-11,14-19H,1-2,12-13,20-21H2. The summed E-state index contributed by atoms with van der Waals surface area (Å²) in [5.41, 5.74) is 0. The van der Waals surface area contributed by atoms with Crippen LogP contribution in [0.2, 0.25) is 10.4 Å². The number of benzene rings is 3. The third kappa shape index (κ3) is 5.04. The molecule has 138 valence electrons. The van der Waals surface area contributed by atoms with Crippen molar-refractivity contribution in [1.82, 2.24) is 0 Å². The Bertz CT molecular complexity index is 753. The molecule has 0 aromatic heterocycles. The molecule has 3 aromatic carbocycles. The second-order valence-electron chi connectivity index (χ2n) is 6.96. The zero-order valence-electron chi connectivity index (χ0n) is 15.7. The van der Waals surface area contributed by atoms with Gasteiger partial charge in [-0.15, -0.1) is 0 Å². The van der Waals surface area contributed by atoms with Crippen LogP contribution in [0.3, 0.4) is 0 Å². The number of rotatable bonds is 3. The Kier molecular flexibility index (Phi) is 7.43. The first-order chi connectivity index (χ1) is 13.4. The molecular formula is C24H27As3. The summed E-state index contributed by atoms with van der Waals surface area (Å²) < 4.78 is 5.29. The summed E-state index contributed by atoms with van der Waals surface area (Å²) in [6, 6.07) is 35.2. The van der Waals surface area contributed by atoms with Gasteiger partial charge >= 0.3 is 176 Å². The van der Waals surface area contributed by atoms with E-state index in [9.17, 15) is 0 Å². The fraction of sp³-hybridized carbons (Fsp3) is 0.250. The van der Waals surface area contributed by atoms with Gasteiger partial charge in [0.1, 0.15) is 0 Å². The molecule has 1 fully saturated rings. The van der Waals surface area contributed by atoms with Gasteiger partial charge in [0.25, 0.3) is 0 Å². The summed E-state index contributed by atoms with van der Waals surface area (Å²) in [5, 5.41) is 3.06. The quantitative estimate of drug-likeness (QED) is 0.443. The van der Waals surface area contributed by atoms with Gasteiger partial charge in [0.05, 0.1) is 0 Å². The van der Waals surface area contributed by atoms with E-state index < -0.39 is 35.7 Å². The fourth-order valence-electron chi connectivity index (χ4n) is 3.71. The second-order valence-corrected chi connectivity index (χ2v) is 43.6. The van der Waals surface area contributed by atoms with Crippen molar-refractivity contribution in [2.45, 2.75) is 36.1 Å². The minimum absolute atomic E-state index is 1.03. The van der Waals surface area contributed by atoms with E-state index >= 15 is 0 Å². The van der Waals surface area contributed by atoms with Gasteiger partial charge < -0.3 is 0 Å². The first-order valence-corrected chi connectivity index (χ1v) is 25.8. The Labute approximate surface area is 174 Å². The molecule has 1 heterocycles. The molecule has 0 nitrogen and oxygen atoms in total. The number of hydrogen-bond donors (Lipinski definition) is 0. The van der Waals surface area contributed by atoms with E-state index in [1.54, 1.807) is 13.1 Å². The first kappa shape index (κ1) is 19.6. The van der Waals surface area contributed by atoms with Gasteiger partial charge in [0.15, 0.2) is 0 Å². The van der Waals surface area contributed by atoms with Crippen molar-refractivity contribution in [3.8, 4) is 0 Å². The molecule has 0 spiro atoms. The normalized spacial score (nSPS) is 23.8. The predicted octanol–water partition coefficient (Wildman–Crippen LogP) is 3.92. The molecule has 3 aromatic rings. The average Bonchev–Trinajstić information content (AvgIpc) is 2.86. The van der Waals surface area contributed by atoms with Crippen LogP contribution in [0.1, 0.15) is 25.7 Å². The zero-order valence-corrected chi connectivity index (χ0v) is 21.4. The van der Waals surface area contributed by atoms with E-state index in [4.69, 9.17) is 0 Å². The molecule has 1 aliphatic heterocycles. The summed E-state index contributed by atoms with van der Waals surface area (Å²) in [6.07, 6.45) is 5.83. The zero-order chi connectivity index (χ0) is 18.3. The Hall–Kier alpha value is -0.665. The second kappa shape index (κ2) is 10.2. The van der Waals surface area contributed by atoms with Gasteiger partial charge in [-0.2, -0.15) is 0 Å². The van der Waals surface area contributed by atoms with Gasteiger partial charge in [-0.25, -0.2) is 0 Å². The van der Waals surface area contributed by atoms with Gasteiger partial charge in [0.2, 0.25) is 0 Å². The molecule has 0 bridgehead atoms. The van der Waals surface area contributed by atoms with Crippen molar-refractivity contribution in [2.75, 3.05) is 0 Å². The molecule has 4 rings (SSSR count). The molecule has 2 atom stereocenters. The van der Waals surface area contributed by atoms with E-state index in [0.717, 1.165) is 0 Å². The van der Waals surface area contributed by atoms with Gasteiger partial charge in [-0.1, -0.05) is 0 Å². The molecule has 1 aliphatic rings. The third-order valence-corrected chi connectivity index (χ3v) is 64.3. The van der Waals surface area contributed by atoms with Crippen LogP contribution in [0.25, 0.3) is 0 Å². The number of hydrogen-bond acceptors (Lipinski definition) is 0. The SMILES string of the molecule is c1ccc([As]2CCCCCC[As](c3ccccc3)[As]2c2ccccc2)cc1. The van der Waals surface area contributed by atoms with Crippen molar-refractivity contribution in [3.05, 3.63) is 91.0 Å². The van der Waals surface area contributed by atoms with Crippen molar-refractivity contribution in [2.24, 2.45) is 0 Å². The molecule has 0 aliphatic carbocycles. The van der Waals surface area contributed by atoms with E-state index in [0.29, 0.717) is 0 Å². The van der Waals surface area contributed by atoms with E-state index in [1.165, 1.54) is 36.1 Å². The van der Waals surface area contributed by atoms with Crippen molar-refractivity contribution in [1.29, 1.82) is 0 Å². The van der Waals surface area contributed by atoms with Crippen molar-refractivity contribution < 1.29 is 0 Å². The van der Waals surface area contributed by atoms with Gasteiger partial charge in [-0.3, -0.25) is 0 Å². The average molecular weight is 540 g/mol. The van der Waals surface area contributed by atoms with Crippen LogP contribution in [0, 0.1) is 0 Å². The van der Waals surface area contributed by atoms with E-state index in [-0.39, 0.29) is 0 Å². The molecule has 0 radical (unpaired) electrons. The van der Waals surface area contributed by atoms with Crippen LogP contribution in [-0.2, 0) is 0 Å². The Morgan fingerprint density at radius 1 is 0.407 bits per heavy atom. The monoisotopic (exact) mass is 540 g/mol. The first-order valence-electron chi connectivity index (χ1n) is 9.94. The van der Waals surface area contributed by atoms with Crippen LogP contribution in [0.15, 0.2) is 91.0 Å². The molecule has 0 N–H and O–H groups in total. The molecule has 27 heavy (non-hydrogen) atoms. The molecule has 2 unspecified atom stereocenters. The maximum absolute atomic E-state index is 2.49. The van der Waals surface area contributed by atoms with Crippen LogP contribution in [0.5, 0.6) is 0 Å². The van der Waals surface area contributed by atoms with Crippen molar-refractivity contribution in [3.63, 3.8) is 0 Å². The van der Waals surface area contributed by atoms with Crippen LogP contribution < -0.4 is 13.1 Å². The van der Waals surface area contributed by atoms with Gasteiger partial charge in [-0.05, 0) is 0 Å². The Balaban J connectivity index is 1.83. The van der Waals surface area contributed by atoms with Crippen molar-refractivity contribution >= 4 is 48.7 Å². The minimum atomic E-state index is -1.07. The molecule has 0 saturated carbocycles. The molecular weight excluding hydrogens is 513 g/mol. The Morgan fingerprint density at radius 3 is 1.19 bits per heavy atom. The fourth-order valence-corrected chi connectivity index (χ4v) is 76.8. The molecule has 1 saturated heterocycles. The summed E-state index contributed by atoms with van der Waals surface area (Å²) >= 11 is -2.07. The summed E-state index contributed by atoms with van der Waals surface area (Å²) in [6.45, 7) is 0. The third-order valence-electron chi connectivity index (χ3n) is 5.04. The topological polar surface area (TPSA) is 0 Å². The molecule has 3 heteroatoms. The van der Waals surface area contributed by atoms with E-state index in [1.807, 2.05) is 0 Å². The summed E-state index contributed by atoms with van der Waals surface area (Å²) in [5.74, 6) is 0. The van der Waals surface area contributed by atoms with E-state index in [2.05, 4.69) is 91.0 Å². The Morgan fingerprint density at radius 2 is 0.778 bits per heavy atom.